The summed E-state index contributed by atoms with van der Waals surface area (Å²) in [5.74, 6) is 1.80. The van der Waals surface area contributed by atoms with E-state index in [2.05, 4.69) is 46.4 Å². The first-order chi connectivity index (χ1) is 12.7. The van der Waals surface area contributed by atoms with Gasteiger partial charge in [0, 0.05) is 38.9 Å². The second-order valence-corrected chi connectivity index (χ2v) is 7.05. The monoisotopic (exact) mass is 480 g/mol. The van der Waals surface area contributed by atoms with Crippen molar-refractivity contribution in [1.82, 2.24) is 14.8 Å². The summed E-state index contributed by atoms with van der Waals surface area (Å²) in [4.78, 5) is 18.6. The fraction of sp³-hybridized carbons (Fsp3) is 0.429. The summed E-state index contributed by atoms with van der Waals surface area (Å²) in [5, 5.41) is 3.47. The predicted molar refractivity (Wildman–Crippen MR) is 122 cm³/mol. The first-order valence-electron chi connectivity index (χ1n) is 9.34. The zero-order valence-electron chi connectivity index (χ0n) is 16.1. The molecule has 0 spiro atoms. The highest BCUT2D eigenvalue weighted by atomic mass is 127. The molecule has 0 bridgehead atoms. The van der Waals surface area contributed by atoms with Crippen molar-refractivity contribution in [2.75, 3.05) is 20.1 Å². The fourth-order valence-corrected chi connectivity index (χ4v) is 3.28. The minimum Gasteiger partial charge on any atom is -0.352 e. The number of likely N-dealkylation sites (tertiary alicyclic amines) is 1. The molecule has 1 N–H and O–H groups in total. The zero-order valence-corrected chi connectivity index (χ0v) is 18.4. The zero-order chi connectivity index (χ0) is 18.4. The van der Waals surface area contributed by atoms with Crippen molar-refractivity contribution in [2.24, 2.45) is 10.9 Å². The summed E-state index contributed by atoms with van der Waals surface area (Å²) in [5.41, 5.74) is 2.36. The van der Waals surface area contributed by atoms with E-state index >= 15 is 0 Å². The van der Waals surface area contributed by atoms with Crippen LogP contribution < -0.4 is 10.9 Å². The van der Waals surface area contributed by atoms with Crippen LogP contribution in [0.15, 0.2) is 58.4 Å². The number of benzene rings is 1. The molecule has 1 aromatic heterocycles. The first-order valence-corrected chi connectivity index (χ1v) is 9.34. The molecule has 2 heterocycles. The summed E-state index contributed by atoms with van der Waals surface area (Å²) in [6.07, 6.45) is 4.28. The third-order valence-electron chi connectivity index (χ3n) is 5.02. The minimum atomic E-state index is 0. The van der Waals surface area contributed by atoms with Gasteiger partial charge in [0.1, 0.15) is 0 Å². The molecule has 0 saturated carbocycles. The molecule has 2 aromatic rings. The number of aliphatic imine (C=N–C) groups is 1. The minimum absolute atomic E-state index is 0. The largest absolute Gasteiger partial charge is 0.352 e. The van der Waals surface area contributed by atoms with Crippen molar-refractivity contribution in [3.8, 4) is 0 Å². The van der Waals surface area contributed by atoms with Crippen LogP contribution in [0, 0.1) is 5.92 Å². The molecule has 5 nitrogen and oxygen atoms in total. The Balaban J connectivity index is 0.00000261. The smallest absolute Gasteiger partial charge is 0.250 e. The molecule has 0 aliphatic carbocycles. The molecule has 0 radical (unpaired) electrons. The van der Waals surface area contributed by atoms with Crippen LogP contribution in [0.1, 0.15) is 30.9 Å². The lowest BCUT2D eigenvalue weighted by Gasteiger charge is -2.32. The lowest BCUT2D eigenvalue weighted by atomic mass is 9.99. The van der Waals surface area contributed by atoms with Crippen LogP contribution in [-0.2, 0) is 13.1 Å². The van der Waals surface area contributed by atoms with Crippen molar-refractivity contribution >= 4 is 29.9 Å². The normalized spacial score (nSPS) is 15.3. The Morgan fingerprint density at radius 1 is 1.11 bits per heavy atom. The molecule has 27 heavy (non-hydrogen) atoms. The second kappa shape index (κ2) is 10.5. The van der Waals surface area contributed by atoms with Gasteiger partial charge in [-0.2, -0.15) is 0 Å². The number of nitrogens with zero attached hydrogens (tertiary/aromatic N) is 3. The van der Waals surface area contributed by atoms with Crippen LogP contribution in [0.25, 0.3) is 0 Å². The van der Waals surface area contributed by atoms with Gasteiger partial charge in [0.05, 0.1) is 6.54 Å². The summed E-state index contributed by atoms with van der Waals surface area (Å²) in [6.45, 7) is 5.82. The number of aromatic nitrogens is 1. The molecular weight excluding hydrogens is 451 g/mol. The molecule has 1 aliphatic heterocycles. The topological polar surface area (TPSA) is 49.6 Å². The van der Waals surface area contributed by atoms with Crippen LogP contribution in [0.3, 0.4) is 0 Å². The lowest BCUT2D eigenvalue weighted by molar-refractivity contribution is 0.273. The molecule has 0 amide bonds. The van der Waals surface area contributed by atoms with Crippen LogP contribution >= 0.6 is 24.0 Å². The van der Waals surface area contributed by atoms with Gasteiger partial charge in [-0.15, -0.1) is 24.0 Å². The van der Waals surface area contributed by atoms with Gasteiger partial charge in [-0.3, -0.25) is 9.79 Å². The van der Waals surface area contributed by atoms with Crippen molar-refractivity contribution in [1.29, 1.82) is 0 Å². The Bertz CT molecular complexity index is 792. The summed E-state index contributed by atoms with van der Waals surface area (Å²) < 4.78 is 1.71. The maximum absolute atomic E-state index is 11.8. The highest BCUT2D eigenvalue weighted by Crippen LogP contribution is 2.16. The summed E-state index contributed by atoms with van der Waals surface area (Å²) >= 11 is 0. The first kappa shape index (κ1) is 21.5. The molecule has 1 saturated heterocycles. The third-order valence-corrected chi connectivity index (χ3v) is 5.02. The number of piperidine rings is 1. The number of hydrogen-bond donors (Lipinski definition) is 1. The van der Waals surface area contributed by atoms with E-state index in [1.54, 1.807) is 16.7 Å². The molecule has 0 unspecified atom stereocenters. The maximum Gasteiger partial charge on any atom is 0.250 e. The highest BCUT2D eigenvalue weighted by molar-refractivity contribution is 14.0. The van der Waals surface area contributed by atoms with E-state index in [-0.39, 0.29) is 29.5 Å². The predicted octanol–water partition coefficient (Wildman–Crippen LogP) is 3.32. The summed E-state index contributed by atoms with van der Waals surface area (Å²) in [6, 6.07) is 13.6. The van der Waals surface area contributed by atoms with Crippen LogP contribution in [-0.4, -0.2) is 35.6 Å². The Hall–Kier alpha value is -1.83. The number of guanidine groups is 1. The summed E-state index contributed by atoms with van der Waals surface area (Å²) in [7, 11) is 1.85. The molecular formula is C21H29IN4O. The Morgan fingerprint density at radius 2 is 1.78 bits per heavy atom. The third kappa shape index (κ3) is 6.09. The number of rotatable bonds is 4. The fourth-order valence-electron chi connectivity index (χ4n) is 3.28. The lowest BCUT2D eigenvalue weighted by Crippen LogP contribution is -2.45. The molecule has 6 heteroatoms. The molecule has 0 atom stereocenters. The Labute approximate surface area is 178 Å². The van der Waals surface area contributed by atoms with Crippen molar-refractivity contribution < 1.29 is 0 Å². The average molecular weight is 480 g/mol. The second-order valence-electron chi connectivity index (χ2n) is 7.05. The van der Waals surface area contributed by atoms with Gasteiger partial charge in [0.25, 0.3) is 5.56 Å². The molecule has 1 aliphatic rings. The SMILES string of the molecule is CN=C(NCc1ccc(Cn2ccccc2=O)cc1)N1CCC(C)CC1.I. The number of halogens is 1. The molecule has 1 aromatic carbocycles. The number of hydrogen-bond acceptors (Lipinski definition) is 2. The quantitative estimate of drug-likeness (QED) is 0.415. The Kier molecular flexibility index (Phi) is 8.34. The van der Waals surface area contributed by atoms with Crippen LogP contribution in [0.4, 0.5) is 0 Å². The maximum atomic E-state index is 11.8. The van der Waals surface area contributed by atoms with Gasteiger partial charge in [-0.25, -0.2) is 0 Å². The van der Waals surface area contributed by atoms with Crippen molar-refractivity contribution in [3.63, 3.8) is 0 Å². The van der Waals surface area contributed by atoms with Crippen LogP contribution in [0.5, 0.6) is 0 Å². The van der Waals surface area contributed by atoms with Gasteiger partial charge in [-0.1, -0.05) is 37.3 Å². The number of nitrogens with one attached hydrogen (secondary N) is 1. The molecule has 1 fully saturated rings. The van der Waals surface area contributed by atoms with E-state index < -0.39 is 0 Å². The van der Waals surface area contributed by atoms with E-state index in [1.165, 1.54) is 18.4 Å². The standard InChI is InChI=1S/C21H28N4O.HI/c1-17-10-13-24(14-11-17)21(22-2)23-15-18-6-8-19(9-7-18)16-25-12-4-3-5-20(25)26;/h3-9,12,17H,10-11,13-16H2,1-2H3,(H,22,23);1H. The molecule has 146 valence electrons. The van der Waals surface area contributed by atoms with Crippen molar-refractivity contribution in [2.45, 2.75) is 32.9 Å². The van der Waals surface area contributed by atoms with Crippen LogP contribution in [0.2, 0.25) is 0 Å². The van der Waals surface area contributed by atoms with E-state index in [0.29, 0.717) is 6.54 Å². The van der Waals surface area contributed by atoms with E-state index in [9.17, 15) is 4.79 Å². The van der Waals surface area contributed by atoms with E-state index in [0.717, 1.165) is 37.1 Å². The average Bonchev–Trinajstić information content (AvgIpc) is 2.67. The number of pyridine rings is 1. The highest BCUT2D eigenvalue weighted by Gasteiger charge is 2.18. The van der Waals surface area contributed by atoms with Gasteiger partial charge in [0.15, 0.2) is 5.96 Å². The van der Waals surface area contributed by atoms with Crippen molar-refractivity contribution in [3.05, 3.63) is 70.1 Å². The molecule has 3 rings (SSSR count). The van der Waals surface area contributed by atoms with Gasteiger partial charge < -0.3 is 14.8 Å². The van der Waals surface area contributed by atoms with E-state index in [4.69, 9.17) is 0 Å². The van der Waals surface area contributed by atoms with E-state index in [1.807, 2.05) is 19.3 Å². The van der Waals surface area contributed by atoms with Gasteiger partial charge in [0.2, 0.25) is 0 Å². The van der Waals surface area contributed by atoms with Gasteiger partial charge >= 0.3 is 0 Å². The Morgan fingerprint density at radius 3 is 2.41 bits per heavy atom. The van der Waals surface area contributed by atoms with Gasteiger partial charge in [-0.05, 0) is 36.0 Å².